The molecule has 5 aromatic rings. The predicted octanol–water partition coefficient (Wildman–Crippen LogP) is 4.56. The second-order valence-corrected chi connectivity index (χ2v) is 9.65. The summed E-state index contributed by atoms with van der Waals surface area (Å²) in [6.07, 6.45) is 7.58. The van der Waals surface area contributed by atoms with Crippen LogP contribution in [0.2, 0.25) is 0 Å². The van der Waals surface area contributed by atoms with Gasteiger partial charge in [0.15, 0.2) is 23.1 Å². The van der Waals surface area contributed by atoms with Gasteiger partial charge in [-0.25, -0.2) is 24.9 Å². The highest BCUT2D eigenvalue weighted by Gasteiger charge is 2.20. The molecule has 2 aromatic carbocycles. The van der Waals surface area contributed by atoms with Crippen LogP contribution in [0.3, 0.4) is 0 Å². The summed E-state index contributed by atoms with van der Waals surface area (Å²) in [5.41, 5.74) is 2.55. The van der Waals surface area contributed by atoms with Crippen LogP contribution in [-0.4, -0.2) is 64.3 Å². The van der Waals surface area contributed by atoms with E-state index in [-0.39, 0.29) is 0 Å². The Hall–Kier alpha value is -4.99. The van der Waals surface area contributed by atoms with Crippen LogP contribution in [0.4, 0.5) is 11.6 Å². The van der Waals surface area contributed by atoms with Crippen molar-refractivity contribution in [3.8, 4) is 22.8 Å². The number of fused-ring (bicyclic) bond motifs is 2. The minimum atomic E-state index is 0.555. The van der Waals surface area contributed by atoms with E-state index < -0.39 is 0 Å². The average molecular weight is 535 g/mol. The summed E-state index contributed by atoms with van der Waals surface area (Å²) in [5.74, 6) is 5.13. The van der Waals surface area contributed by atoms with Crippen molar-refractivity contribution in [3.05, 3.63) is 78.4 Å². The molecule has 10 nitrogen and oxygen atoms in total. The van der Waals surface area contributed by atoms with E-state index in [0.29, 0.717) is 29.7 Å². The van der Waals surface area contributed by atoms with Gasteiger partial charge in [0.1, 0.15) is 17.5 Å². The summed E-state index contributed by atoms with van der Waals surface area (Å²) < 4.78 is 13.2. The van der Waals surface area contributed by atoms with Gasteiger partial charge in [-0.2, -0.15) is 0 Å². The van der Waals surface area contributed by atoms with Crippen molar-refractivity contribution < 1.29 is 9.47 Å². The Morgan fingerprint density at radius 3 is 2.45 bits per heavy atom. The second-order valence-electron chi connectivity index (χ2n) is 9.65. The van der Waals surface area contributed by atoms with Gasteiger partial charge in [-0.3, -0.25) is 0 Å². The number of nitrogens with zero attached hydrogens (tertiary/aromatic N) is 8. The molecule has 10 heteroatoms. The van der Waals surface area contributed by atoms with E-state index in [9.17, 15) is 0 Å². The molecule has 4 heterocycles. The molecule has 3 aromatic heterocycles. The molecule has 1 aliphatic rings. The van der Waals surface area contributed by atoms with Gasteiger partial charge in [0.2, 0.25) is 0 Å². The van der Waals surface area contributed by atoms with Crippen molar-refractivity contribution in [1.29, 1.82) is 0 Å². The summed E-state index contributed by atoms with van der Waals surface area (Å²) in [5, 5.41) is 1.00. The van der Waals surface area contributed by atoms with Gasteiger partial charge < -0.3 is 23.8 Å². The lowest BCUT2D eigenvalue weighted by Gasteiger charge is -2.29. The Morgan fingerprint density at radius 2 is 1.65 bits per heavy atom. The number of rotatable bonds is 7. The van der Waals surface area contributed by atoms with Crippen LogP contribution in [0, 0.1) is 0 Å². The number of aromatic nitrogens is 6. The molecule has 0 N–H and O–H groups in total. The third-order valence-electron chi connectivity index (χ3n) is 6.88. The molecule has 1 aliphatic heterocycles. The maximum Gasteiger partial charge on any atom is 0.161 e. The van der Waals surface area contributed by atoms with Crippen LogP contribution < -0.4 is 19.3 Å². The van der Waals surface area contributed by atoms with E-state index in [2.05, 4.69) is 14.5 Å². The van der Waals surface area contributed by atoms with Gasteiger partial charge in [0.05, 0.1) is 32.0 Å². The van der Waals surface area contributed by atoms with Crippen molar-refractivity contribution in [3.63, 3.8) is 0 Å². The first-order valence-corrected chi connectivity index (χ1v) is 13.0. The molecule has 0 atom stereocenters. The van der Waals surface area contributed by atoms with Gasteiger partial charge in [-0.1, -0.05) is 12.1 Å². The van der Waals surface area contributed by atoms with Gasteiger partial charge in [-0.05, 0) is 42.5 Å². The quantitative estimate of drug-likeness (QED) is 0.298. The number of benzene rings is 2. The van der Waals surface area contributed by atoms with E-state index in [0.717, 1.165) is 52.7 Å². The van der Waals surface area contributed by atoms with E-state index in [1.165, 1.54) is 0 Å². The topological polar surface area (TPSA) is 94.3 Å². The van der Waals surface area contributed by atoms with E-state index in [1.54, 1.807) is 14.2 Å². The number of imidazole rings is 1. The number of ether oxygens (including phenoxy) is 2. The van der Waals surface area contributed by atoms with Gasteiger partial charge in [0.25, 0.3) is 0 Å². The lowest BCUT2D eigenvalue weighted by molar-refractivity contribution is 0.355. The molecule has 0 aliphatic carbocycles. The number of hydrogen-bond donors (Lipinski definition) is 0. The molecule has 40 heavy (non-hydrogen) atoms. The minimum Gasteiger partial charge on any atom is -0.493 e. The van der Waals surface area contributed by atoms with Crippen LogP contribution in [0.25, 0.3) is 34.3 Å². The summed E-state index contributed by atoms with van der Waals surface area (Å²) >= 11 is 0. The number of hydrogen-bond acceptors (Lipinski definition) is 9. The summed E-state index contributed by atoms with van der Waals surface area (Å²) in [4.78, 5) is 28.1. The van der Waals surface area contributed by atoms with Crippen LogP contribution in [0.15, 0.2) is 60.9 Å². The lowest BCUT2D eigenvalue weighted by atomic mass is 10.1. The fourth-order valence-electron chi connectivity index (χ4n) is 4.84. The third-order valence-corrected chi connectivity index (χ3v) is 6.88. The number of methoxy groups -OCH3 is 2. The number of para-hydroxylation sites is 1. The maximum atomic E-state index is 5.55. The fourth-order valence-corrected chi connectivity index (χ4v) is 4.84. The van der Waals surface area contributed by atoms with Gasteiger partial charge in [0, 0.05) is 56.6 Å². The molecule has 0 spiro atoms. The zero-order valence-electron chi connectivity index (χ0n) is 22.9. The average Bonchev–Trinajstić information content (AvgIpc) is 3.47. The first kappa shape index (κ1) is 25.3. The van der Waals surface area contributed by atoms with E-state index in [4.69, 9.17) is 29.4 Å². The highest BCUT2D eigenvalue weighted by molar-refractivity contribution is 5.90. The molecule has 202 valence electrons. The van der Waals surface area contributed by atoms with Crippen LogP contribution in [0.1, 0.15) is 17.5 Å². The monoisotopic (exact) mass is 534 g/mol. The Bertz CT molecular complexity index is 1710. The second kappa shape index (κ2) is 10.6. The van der Waals surface area contributed by atoms with Crippen LogP contribution in [-0.2, 0) is 13.1 Å². The SMILES string of the molecule is COc1ccc(-c2cc(N3CCn4ccnc4C3)nc(/C=C/c3nc(N(C)C)c4ccccc4n3)n2)cc1OC. The molecule has 0 unspecified atom stereocenters. The van der Waals surface area contributed by atoms with Crippen LogP contribution in [0.5, 0.6) is 11.5 Å². The molecule has 0 saturated carbocycles. The van der Waals surface area contributed by atoms with E-state index >= 15 is 0 Å². The first-order chi connectivity index (χ1) is 19.5. The summed E-state index contributed by atoms with van der Waals surface area (Å²) in [7, 11) is 7.21. The molecule has 6 rings (SSSR count). The van der Waals surface area contributed by atoms with Crippen molar-refractivity contribution >= 4 is 34.7 Å². The zero-order valence-corrected chi connectivity index (χ0v) is 22.9. The maximum absolute atomic E-state index is 5.55. The number of anilines is 2. The standard InChI is InChI=1S/C30H30N8O2/c1-36(2)30-21-7-5-6-8-22(21)32-27(35-30)12-11-26-33-23(20-9-10-24(39-3)25(17-20)40-4)18-28(34-26)38-16-15-37-14-13-31-29(37)19-38/h5-14,17-18H,15-16,19H2,1-4H3/b12-11+. The molecular weight excluding hydrogens is 504 g/mol. The first-order valence-electron chi connectivity index (χ1n) is 13.0. The van der Waals surface area contributed by atoms with Crippen molar-refractivity contribution in [2.24, 2.45) is 0 Å². The fraction of sp³-hybridized carbons (Fsp3) is 0.233. The van der Waals surface area contributed by atoms with Gasteiger partial charge in [-0.15, -0.1) is 0 Å². The molecule has 0 radical (unpaired) electrons. The predicted molar refractivity (Wildman–Crippen MR) is 157 cm³/mol. The normalized spacial score (nSPS) is 13.1. The molecule has 0 amide bonds. The largest absolute Gasteiger partial charge is 0.493 e. The van der Waals surface area contributed by atoms with Crippen LogP contribution >= 0.6 is 0 Å². The zero-order chi connectivity index (χ0) is 27.6. The summed E-state index contributed by atoms with van der Waals surface area (Å²) in [6, 6.07) is 15.8. The third kappa shape index (κ3) is 4.91. The smallest absolute Gasteiger partial charge is 0.161 e. The Kier molecular flexibility index (Phi) is 6.73. The van der Waals surface area contributed by atoms with Gasteiger partial charge >= 0.3 is 0 Å². The molecular formula is C30H30N8O2. The van der Waals surface area contributed by atoms with Crippen molar-refractivity contribution in [1.82, 2.24) is 29.5 Å². The highest BCUT2D eigenvalue weighted by Crippen LogP contribution is 2.33. The molecule has 0 bridgehead atoms. The lowest BCUT2D eigenvalue weighted by Crippen LogP contribution is -2.34. The Labute approximate surface area is 232 Å². The Morgan fingerprint density at radius 1 is 0.850 bits per heavy atom. The Balaban J connectivity index is 1.42. The molecule has 0 fully saturated rings. The molecule has 0 saturated heterocycles. The minimum absolute atomic E-state index is 0.555. The van der Waals surface area contributed by atoms with E-state index in [1.807, 2.05) is 92.1 Å². The summed E-state index contributed by atoms with van der Waals surface area (Å²) in [6.45, 7) is 2.32. The van der Waals surface area contributed by atoms with Crippen molar-refractivity contribution in [2.75, 3.05) is 44.7 Å². The van der Waals surface area contributed by atoms with Crippen molar-refractivity contribution in [2.45, 2.75) is 13.1 Å². The highest BCUT2D eigenvalue weighted by atomic mass is 16.5.